The maximum absolute atomic E-state index is 13.8. The molecule has 0 aliphatic carbocycles. The molecule has 4 rings (SSSR count). The number of anilines is 2. The summed E-state index contributed by atoms with van der Waals surface area (Å²) < 4.78 is 33.8. The number of ether oxygens (including phenoxy) is 1. The molecule has 2 fully saturated rings. The number of carbonyl (C=O) groups excluding carboxylic acids is 1. The molecule has 0 spiro atoms. The van der Waals surface area contributed by atoms with Crippen molar-refractivity contribution >= 4 is 17.5 Å². The molecule has 2 amide bonds. The van der Waals surface area contributed by atoms with Crippen molar-refractivity contribution in [3.8, 4) is 0 Å². The van der Waals surface area contributed by atoms with Gasteiger partial charge in [0, 0.05) is 38.9 Å². The van der Waals surface area contributed by atoms with Crippen molar-refractivity contribution in [1.82, 2.24) is 14.8 Å². The molecule has 7 nitrogen and oxygen atoms in total. The highest BCUT2D eigenvalue weighted by Gasteiger charge is 2.28. The van der Waals surface area contributed by atoms with Gasteiger partial charge < -0.3 is 20.7 Å². The lowest BCUT2D eigenvalue weighted by molar-refractivity contribution is -0.0616. The lowest BCUT2D eigenvalue weighted by atomic mass is 10.0. The van der Waals surface area contributed by atoms with E-state index in [1.165, 1.54) is 6.07 Å². The average Bonchev–Trinajstić information content (AvgIpc) is 2.78. The normalized spacial score (nSPS) is 18.6. The fourth-order valence-corrected chi connectivity index (χ4v) is 4.32. The summed E-state index contributed by atoms with van der Waals surface area (Å²) in [5.74, 6) is -1.02. The molecule has 0 unspecified atom stereocenters. The third kappa shape index (κ3) is 5.72. The van der Waals surface area contributed by atoms with Crippen molar-refractivity contribution in [1.29, 1.82) is 0 Å². The maximum atomic E-state index is 13.8. The molecule has 172 valence electrons. The molecule has 2 aliphatic heterocycles. The molecule has 32 heavy (non-hydrogen) atoms. The number of hydrogen-bond donors (Lipinski definition) is 2. The lowest BCUT2D eigenvalue weighted by Crippen LogP contribution is -2.45. The van der Waals surface area contributed by atoms with Crippen molar-refractivity contribution < 1.29 is 18.3 Å². The summed E-state index contributed by atoms with van der Waals surface area (Å²) in [7, 11) is 0. The number of urea groups is 1. The first-order chi connectivity index (χ1) is 15.5. The Labute approximate surface area is 186 Å². The van der Waals surface area contributed by atoms with Crippen molar-refractivity contribution in [2.45, 2.75) is 44.4 Å². The van der Waals surface area contributed by atoms with Gasteiger partial charge in [-0.05, 0) is 55.5 Å². The largest absolute Gasteiger partial charge is 0.384 e. The molecule has 2 aromatic rings. The van der Waals surface area contributed by atoms with Crippen LogP contribution in [0.1, 0.15) is 31.2 Å². The number of piperidine rings is 2. The Kier molecular flexibility index (Phi) is 7.16. The van der Waals surface area contributed by atoms with Gasteiger partial charge in [0.1, 0.15) is 23.1 Å². The number of carbonyl (C=O) groups is 1. The second kappa shape index (κ2) is 10.2. The van der Waals surface area contributed by atoms with Crippen molar-refractivity contribution in [3.05, 3.63) is 53.7 Å². The number of nitrogens with zero attached hydrogens (tertiary/aromatic N) is 3. The van der Waals surface area contributed by atoms with E-state index in [0.29, 0.717) is 31.7 Å². The number of nitrogens with one attached hydrogen (secondary N) is 1. The Balaban J connectivity index is 1.18. The van der Waals surface area contributed by atoms with E-state index in [1.807, 2.05) is 12.1 Å². The van der Waals surface area contributed by atoms with E-state index in [1.54, 1.807) is 11.1 Å². The van der Waals surface area contributed by atoms with Gasteiger partial charge in [-0.25, -0.2) is 18.6 Å². The molecule has 0 saturated carbocycles. The molecule has 1 aromatic carbocycles. The number of benzene rings is 1. The summed E-state index contributed by atoms with van der Waals surface area (Å²) in [5, 5.41) is 2.35. The zero-order valence-electron chi connectivity index (χ0n) is 18.0. The first-order valence-electron chi connectivity index (χ1n) is 11.1. The molecular formula is C23H29F2N5O2. The van der Waals surface area contributed by atoms with Gasteiger partial charge in [-0.2, -0.15) is 0 Å². The fraction of sp³-hybridized carbons (Fsp3) is 0.478. The van der Waals surface area contributed by atoms with Gasteiger partial charge in [0.25, 0.3) is 0 Å². The van der Waals surface area contributed by atoms with E-state index >= 15 is 0 Å². The van der Waals surface area contributed by atoms with Gasteiger partial charge in [-0.15, -0.1) is 0 Å². The van der Waals surface area contributed by atoms with Crippen molar-refractivity contribution in [2.75, 3.05) is 37.2 Å². The quantitative estimate of drug-likeness (QED) is 0.735. The van der Waals surface area contributed by atoms with Gasteiger partial charge in [0.2, 0.25) is 0 Å². The molecule has 2 aliphatic rings. The van der Waals surface area contributed by atoms with E-state index in [0.717, 1.165) is 50.2 Å². The zero-order chi connectivity index (χ0) is 22.5. The molecule has 9 heteroatoms. The highest BCUT2D eigenvalue weighted by Crippen LogP contribution is 2.23. The van der Waals surface area contributed by atoms with Crippen LogP contribution in [0.5, 0.6) is 0 Å². The minimum Gasteiger partial charge on any atom is -0.384 e. The standard InChI is InChI=1S/C23H29F2N5O2/c24-19-2-1-3-20(25)22(19)28-23(31)30-12-7-18(8-13-30)32-17-5-10-29(11-6-17)15-16-4-9-27-21(26)14-16/h1-4,9,14,17-18H,5-8,10-13,15H2,(H2,26,27)(H,28,31). The first kappa shape index (κ1) is 22.4. The summed E-state index contributed by atoms with van der Waals surface area (Å²) in [6.45, 7) is 3.77. The summed E-state index contributed by atoms with van der Waals surface area (Å²) in [5.41, 5.74) is 6.52. The monoisotopic (exact) mass is 445 g/mol. The van der Waals surface area contributed by atoms with Gasteiger partial charge in [0.05, 0.1) is 12.2 Å². The second-order valence-corrected chi connectivity index (χ2v) is 8.41. The summed E-state index contributed by atoms with van der Waals surface area (Å²) in [6.07, 6.45) is 5.40. The summed E-state index contributed by atoms with van der Waals surface area (Å²) in [4.78, 5) is 20.4. The van der Waals surface area contributed by atoms with Crippen LogP contribution >= 0.6 is 0 Å². The van der Waals surface area contributed by atoms with Gasteiger partial charge in [-0.3, -0.25) is 4.90 Å². The zero-order valence-corrected chi connectivity index (χ0v) is 18.0. The number of nitrogens with two attached hydrogens (primary N) is 1. The van der Waals surface area contributed by atoms with Crippen molar-refractivity contribution in [2.24, 2.45) is 0 Å². The van der Waals surface area contributed by atoms with Gasteiger partial charge >= 0.3 is 6.03 Å². The number of likely N-dealkylation sites (tertiary alicyclic amines) is 2. The van der Waals surface area contributed by atoms with Crippen LogP contribution in [0, 0.1) is 11.6 Å². The molecule has 0 radical (unpaired) electrons. The highest BCUT2D eigenvalue weighted by atomic mass is 19.1. The predicted molar refractivity (Wildman–Crippen MR) is 118 cm³/mol. The van der Waals surface area contributed by atoms with Crippen LogP contribution < -0.4 is 11.1 Å². The Morgan fingerprint density at radius 1 is 1.06 bits per heavy atom. The molecule has 3 N–H and O–H groups in total. The Hall–Kier alpha value is -2.78. The SMILES string of the molecule is Nc1cc(CN2CCC(OC3CCN(C(=O)Nc4c(F)cccc4F)CC3)CC2)ccn1. The van der Waals surface area contributed by atoms with Crippen LogP contribution in [-0.2, 0) is 11.3 Å². The van der Waals surface area contributed by atoms with E-state index in [2.05, 4.69) is 15.2 Å². The van der Waals surface area contributed by atoms with Crippen LogP contribution in [0.2, 0.25) is 0 Å². The van der Waals surface area contributed by atoms with Crippen LogP contribution in [0.15, 0.2) is 36.5 Å². The fourth-order valence-electron chi connectivity index (χ4n) is 4.32. The molecule has 1 aromatic heterocycles. The Morgan fingerprint density at radius 3 is 2.31 bits per heavy atom. The number of nitrogen functional groups attached to an aromatic ring is 1. The minimum atomic E-state index is -0.782. The third-order valence-corrected chi connectivity index (χ3v) is 6.10. The molecule has 2 saturated heterocycles. The number of halogens is 2. The van der Waals surface area contributed by atoms with Crippen LogP contribution in [0.3, 0.4) is 0 Å². The number of aromatic nitrogens is 1. The summed E-state index contributed by atoms with van der Waals surface area (Å²) in [6, 6.07) is 6.92. The maximum Gasteiger partial charge on any atom is 0.322 e. The van der Waals surface area contributed by atoms with E-state index < -0.39 is 23.4 Å². The number of rotatable bonds is 5. The predicted octanol–water partition coefficient (Wildman–Crippen LogP) is 3.62. The summed E-state index contributed by atoms with van der Waals surface area (Å²) >= 11 is 0. The smallest absolute Gasteiger partial charge is 0.322 e. The number of pyridine rings is 1. The first-order valence-corrected chi connectivity index (χ1v) is 11.1. The second-order valence-electron chi connectivity index (χ2n) is 8.41. The molecular weight excluding hydrogens is 416 g/mol. The third-order valence-electron chi connectivity index (χ3n) is 6.10. The van der Waals surface area contributed by atoms with E-state index in [9.17, 15) is 13.6 Å². The molecule has 0 bridgehead atoms. The average molecular weight is 446 g/mol. The number of hydrogen-bond acceptors (Lipinski definition) is 5. The van der Waals surface area contributed by atoms with Crippen molar-refractivity contribution in [3.63, 3.8) is 0 Å². The Morgan fingerprint density at radius 2 is 1.69 bits per heavy atom. The molecule has 0 atom stereocenters. The highest BCUT2D eigenvalue weighted by molar-refractivity contribution is 5.89. The van der Waals surface area contributed by atoms with Crippen LogP contribution in [-0.4, -0.2) is 59.2 Å². The van der Waals surface area contributed by atoms with Gasteiger partial charge in [-0.1, -0.05) is 6.07 Å². The molecule has 3 heterocycles. The number of para-hydroxylation sites is 1. The van der Waals surface area contributed by atoms with Gasteiger partial charge in [0.15, 0.2) is 0 Å². The topological polar surface area (TPSA) is 83.7 Å². The lowest BCUT2D eigenvalue weighted by Gasteiger charge is -2.37. The minimum absolute atomic E-state index is 0.0980. The van der Waals surface area contributed by atoms with Crippen LogP contribution in [0.25, 0.3) is 0 Å². The van der Waals surface area contributed by atoms with Crippen LogP contribution in [0.4, 0.5) is 25.1 Å². The Bertz CT molecular complexity index is 908. The van der Waals surface area contributed by atoms with E-state index in [4.69, 9.17) is 10.5 Å². The number of amides is 2. The van der Waals surface area contributed by atoms with E-state index in [-0.39, 0.29) is 12.2 Å².